The van der Waals surface area contributed by atoms with E-state index in [0.29, 0.717) is 5.82 Å². The molecule has 0 saturated carbocycles. The highest BCUT2D eigenvalue weighted by Gasteiger charge is 2.01. The number of anilines is 1. The summed E-state index contributed by atoms with van der Waals surface area (Å²) in [5.74, 6) is 0.525. The summed E-state index contributed by atoms with van der Waals surface area (Å²) in [6.07, 6.45) is 3.02. The fourth-order valence-electron chi connectivity index (χ4n) is 1.02. The SMILES string of the molecule is N#Cc1ncn(-c2ccnc(N)c2)n1. The number of rotatable bonds is 1. The normalized spacial score (nSPS) is 9.64. The molecule has 2 aromatic rings. The Morgan fingerprint density at radius 1 is 1.43 bits per heavy atom. The smallest absolute Gasteiger partial charge is 0.252 e. The first kappa shape index (κ1) is 8.19. The van der Waals surface area contributed by atoms with Crippen LogP contribution in [0, 0.1) is 11.3 Å². The number of aromatic nitrogens is 4. The van der Waals surface area contributed by atoms with E-state index >= 15 is 0 Å². The van der Waals surface area contributed by atoms with Gasteiger partial charge in [-0.1, -0.05) is 0 Å². The van der Waals surface area contributed by atoms with E-state index in [1.54, 1.807) is 18.3 Å². The second kappa shape index (κ2) is 3.14. The van der Waals surface area contributed by atoms with Gasteiger partial charge in [-0.15, -0.1) is 5.10 Å². The lowest BCUT2D eigenvalue weighted by molar-refractivity contribution is 0.870. The first-order chi connectivity index (χ1) is 6.79. The minimum Gasteiger partial charge on any atom is -0.384 e. The number of nitriles is 1. The number of hydrogen-bond acceptors (Lipinski definition) is 5. The van der Waals surface area contributed by atoms with Gasteiger partial charge in [0.15, 0.2) is 0 Å². The van der Waals surface area contributed by atoms with Crippen molar-refractivity contribution in [2.75, 3.05) is 5.73 Å². The number of nitrogens with zero attached hydrogens (tertiary/aromatic N) is 5. The van der Waals surface area contributed by atoms with E-state index in [-0.39, 0.29) is 5.82 Å². The number of hydrogen-bond donors (Lipinski definition) is 1. The molecule has 68 valence electrons. The summed E-state index contributed by atoms with van der Waals surface area (Å²) in [7, 11) is 0. The molecule has 0 radical (unpaired) electrons. The van der Waals surface area contributed by atoms with Gasteiger partial charge in [0.1, 0.15) is 18.2 Å². The average molecular weight is 186 g/mol. The summed E-state index contributed by atoms with van der Waals surface area (Å²) in [6, 6.07) is 5.22. The zero-order valence-corrected chi connectivity index (χ0v) is 7.12. The van der Waals surface area contributed by atoms with Crippen molar-refractivity contribution < 1.29 is 0 Å². The zero-order chi connectivity index (χ0) is 9.97. The Labute approximate surface area is 79.6 Å². The summed E-state index contributed by atoms with van der Waals surface area (Å²) in [4.78, 5) is 7.61. The Balaban J connectivity index is 2.45. The van der Waals surface area contributed by atoms with Crippen LogP contribution >= 0.6 is 0 Å². The second-order valence-electron chi connectivity index (χ2n) is 2.56. The van der Waals surface area contributed by atoms with Gasteiger partial charge >= 0.3 is 0 Å². The maximum absolute atomic E-state index is 8.53. The standard InChI is InChI=1S/C8H6N6/c9-4-8-12-5-14(13-8)6-1-2-11-7(10)3-6/h1-3,5H,(H2,10,11). The Hall–Kier alpha value is -2.42. The van der Waals surface area contributed by atoms with Crippen LogP contribution < -0.4 is 5.73 Å². The Kier molecular flexibility index (Phi) is 1.84. The van der Waals surface area contributed by atoms with Crippen LogP contribution in [0.15, 0.2) is 24.7 Å². The van der Waals surface area contributed by atoms with Crippen molar-refractivity contribution in [1.29, 1.82) is 5.26 Å². The third-order valence-corrected chi connectivity index (χ3v) is 1.62. The fourth-order valence-corrected chi connectivity index (χ4v) is 1.02. The van der Waals surface area contributed by atoms with E-state index in [2.05, 4.69) is 15.1 Å². The van der Waals surface area contributed by atoms with Crippen LogP contribution in [0.5, 0.6) is 0 Å². The molecule has 6 heteroatoms. The van der Waals surface area contributed by atoms with Gasteiger partial charge in [-0.05, 0) is 6.07 Å². The van der Waals surface area contributed by atoms with E-state index in [0.717, 1.165) is 5.69 Å². The predicted molar refractivity (Wildman–Crippen MR) is 48.3 cm³/mol. The van der Waals surface area contributed by atoms with Crippen molar-refractivity contribution in [3.63, 3.8) is 0 Å². The lowest BCUT2D eigenvalue weighted by atomic mass is 10.4. The first-order valence-electron chi connectivity index (χ1n) is 3.83. The maximum Gasteiger partial charge on any atom is 0.252 e. The molecule has 0 atom stereocenters. The molecule has 0 spiro atoms. The minimum atomic E-state index is 0.125. The van der Waals surface area contributed by atoms with Crippen LogP contribution in [0.1, 0.15) is 5.82 Å². The van der Waals surface area contributed by atoms with Crippen LogP contribution in [0.25, 0.3) is 5.69 Å². The summed E-state index contributed by atoms with van der Waals surface area (Å²) < 4.78 is 1.47. The van der Waals surface area contributed by atoms with Crippen LogP contribution in [0.2, 0.25) is 0 Å². The van der Waals surface area contributed by atoms with Crippen LogP contribution in [0.3, 0.4) is 0 Å². The Morgan fingerprint density at radius 3 is 2.93 bits per heavy atom. The van der Waals surface area contributed by atoms with Crippen molar-refractivity contribution in [3.8, 4) is 11.8 Å². The highest BCUT2D eigenvalue weighted by molar-refractivity contribution is 5.40. The van der Waals surface area contributed by atoms with Gasteiger partial charge in [-0.25, -0.2) is 14.6 Å². The fraction of sp³-hybridized carbons (Fsp3) is 0. The third kappa shape index (κ3) is 1.38. The Morgan fingerprint density at radius 2 is 2.29 bits per heavy atom. The highest BCUT2D eigenvalue weighted by atomic mass is 15.3. The predicted octanol–water partition coefficient (Wildman–Crippen LogP) is 0.116. The monoisotopic (exact) mass is 186 g/mol. The molecule has 0 aromatic carbocycles. The molecule has 6 nitrogen and oxygen atoms in total. The summed E-state index contributed by atoms with van der Waals surface area (Å²) in [6.45, 7) is 0. The van der Waals surface area contributed by atoms with Gasteiger partial charge in [-0.2, -0.15) is 5.26 Å². The maximum atomic E-state index is 8.53. The van der Waals surface area contributed by atoms with Crippen molar-refractivity contribution in [3.05, 3.63) is 30.5 Å². The lowest BCUT2D eigenvalue weighted by Crippen LogP contribution is -1.97. The van der Waals surface area contributed by atoms with E-state index < -0.39 is 0 Å². The number of nitrogens with two attached hydrogens (primary N) is 1. The van der Waals surface area contributed by atoms with Crippen molar-refractivity contribution in [2.24, 2.45) is 0 Å². The van der Waals surface area contributed by atoms with E-state index in [9.17, 15) is 0 Å². The number of pyridine rings is 1. The topological polar surface area (TPSA) is 93.4 Å². The molecule has 2 N–H and O–H groups in total. The van der Waals surface area contributed by atoms with E-state index in [1.165, 1.54) is 11.0 Å². The average Bonchev–Trinajstić information content (AvgIpc) is 2.66. The van der Waals surface area contributed by atoms with Crippen molar-refractivity contribution in [1.82, 2.24) is 19.7 Å². The largest absolute Gasteiger partial charge is 0.384 e. The van der Waals surface area contributed by atoms with Crippen LogP contribution in [-0.2, 0) is 0 Å². The van der Waals surface area contributed by atoms with Gasteiger partial charge in [0.25, 0.3) is 5.82 Å². The molecule has 2 aromatic heterocycles. The molecule has 0 amide bonds. The van der Waals surface area contributed by atoms with E-state index in [4.69, 9.17) is 11.0 Å². The molecule has 0 unspecified atom stereocenters. The minimum absolute atomic E-state index is 0.125. The third-order valence-electron chi connectivity index (χ3n) is 1.62. The Bertz CT molecular complexity index is 495. The molecule has 2 heterocycles. The molecule has 0 bridgehead atoms. The van der Waals surface area contributed by atoms with Gasteiger partial charge in [0, 0.05) is 12.3 Å². The zero-order valence-electron chi connectivity index (χ0n) is 7.12. The molecular weight excluding hydrogens is 180 g/mol. The molecule has 0 aliphatic rings. The molecule has 0 aliphatic carbocycles. The van der Waals surface area contributed by atoms with Crippen LogP contribution in [-0.4, -0.2) is 19.7 Å². The molecule has 0 fully saturated rings. The molecular formula is C8H6N6. The van der Waals surface area contributed by atoms with Crippen LogP contribution in [0.4, 0.5) is 5.82 Å². The van der Waals surface area contributed by atoms with Crippen molar-refractivity contribution in [2.45, 2.75) is 0 Å². The quantitative estimate of drug-likeness (QED) is 0.682. The van der Waals surface area contributed by atoms with Gasteiger partial charge in [0.05, 0.1) is 5.69 Å². The lowest BCUT2D eigenvalue weighted by Gasteiger charge is -1.99. The van der Waals surface area contributed by atoms with Gasteiger partial charge < -0.3 is 5.73 Å². The summed E-state index contributed by atoms with van der Waals surface area (Å²) in [5.41, 5.74) is 6.23. The van der Waals surface area contributed by atoms with Gasteiger partial charge in [0.2, 0.25) is 0 Å². The number of nitrogen functional groups attached to an aromatic ring is 1. The molecule has 14 heavy (non-hydrogen) atoms. The van der Waals surface area contributed by atoms with E-state index in [1.807, 2.05) is 6.07 Å². The second-order valence-corrected chi connectivity index (χ2v) is 2.56. The molecule has 0 saturated heterocycles. The summed E-state index contributed by atoms with van der Waals surface area (Å²) >= 11 is 0. The van der Waals surface area contributed by atoms with Gasteiger partial charge in [-0.3, -0.25) is 0 Å². The van der Waals surface area contributed by atoms with Crippen molar-refractivity contribution >= 4 is 5.82 Å². The molecule has 2 rings (SSSR count). The first-order valence-corrected chi connectivity index (χ1v) is 3.83. The molecule has 0 aliphatic heterocycles. The summed E-state index contributed by atoms with van der Waals surface area (Å²) in [5, 5.41) is 12.4. The highest BCUT2D eigenvalue weighted by Crippen LogP contribution is 2.07.